The predicted octanol–water partition coefficient (Wildman–Crippen LogP) is 3.10. The van der Waals surface area contributed by atoms with Gasteiger partial charge in [0.15, 0.2) is 0 Å². The zero-order valence-electron chi connectivity index (χ0n) is 11.4. The molecule has 1 saturated carbocycles. The standard InChI is InChI=1S/C16H17NO2S/c1-19-13-6-4-12(5-7-13)16(8-9-16)15(18)17-11-14-3-2-10-20-14/h2-7,10H,8-9,11H2,1H3,(H,17,18). The SMILES string of the molecule is COc1ccc(C2(C(=O)NCc3cccs3)CC2)cc1. The van der Waals surface area contributed by atoms with Gasteiger partial charge in [0.25, 0.3) is 0 Å². The predicted molar refractivity (Wildman–Crippen MR) is 80.1 cm³/mol. The minimum atomic E-state index is -0.316. The third-order valence-corrected chi connectivity index (χ3v) is 4.71. The number of hydrogen-bond acceptors (Lipinski definition) is 3. The van der Waals surface area contributed by atoms with Crippen molar-refractivity contribution in [2.45, 2.75) is 24.8 Å². The number of thiophene rings is 1. The highest BCUT2D eigenvalue weighted by molar-refractivity contribution is 7.09. The van der Waals surface area contributed by atoms with Crippen LogP contribution >= 0.6 is 11.3 Å². The molecule has 3 rings (SSSR count). The van der Waals surface area contributed by atoms with Crippen LogP contribution in [-0.4, -0.2) is 13.0 Å². The Kier molecular flexibility index (Phi) is 3.49. The molecule has 1 amide bonds. The van der Waals surface area contributed by atoms with E-state index in [0.29, 0.717) is 6.54 Å². The smallest absolute Gasteiger partial charge is 0.230 e. The van der Waals surface area contributed by atoms with Crippen LogP contribution in [0.2, 0.25) is 0 Å². The Hall–Kier alpha value is -1.81. The van der Waals surface area contributed by atoms with E-state index in [-0.39, 0.29) is 11.3 Å². The fraction of sp³-hybridized carbons (Fsp3) is 0.312. The molecule has 0 atom stereocenters. The number of carbonyl (C=O) groups excluding carboxylic acids is 1. The largest absolute Gasteiger partial charge is 0.497 e. The van der Waals surface area contributed by atoms with Gasteiger partial charge in [0.05, 0.1) is 19.1 Å². The third kappa shape index (κ3) is 2.43. The Labute approximate surface area is 122 Å². The highest BCUT2D eigenvalue weighted by atomic mass is 32.1. The van der Waals surface area contributed by atoms with Crippen LogP contribution in [-0.2, 0) is 16.8 Å². The molecule has 1 aromatic heterocycles. The summed E-state index contributed by atoms with van der Waals surface area (Å²) in [7, 11) is 1.65. The van der Waals surface area contributed by atoms with Crippen molar-refractivity contribution in [1.29, 1.82) is 0 Å². The molecule has 0 aliphatic heterocycles. The van der Waals surface area contributed by atoms with Crippen LogP contribution in [0.25, 0.3) is 0 Å². The summed E-state index contributed by atoms with van der Waals surface area (Å²) >= 11 is 1.67. The normalized spacial score (nSPS) is 15.7. The quantitative estimate of drug-likeness (QED) is 0.917. The number of carbonyl (C=O) groups is 1. The first kappa shape index (κ1) is 13.2. The number of benzene rings is 1. The minimum Gasteiger partial charge on any atom is -0.497 e. The second-order valence-electron chi connectivity index (χ2n) is 5.07. The van der Waals surface area contributed by atoms with E-state index in [1.807, 2.05) is 41.8 Å². The summed E-state index contributed by atoms with van der Waals surface area (Å²) in [4.78, 5) is 13.6. The molecule has 0 spiro atoms. The maximum Gasteiger partial charge on any atom is 0.230 e. The van der Waals surface area contributed by atoms with E-state index in [4.69, 9.17) is 4.74 Å². The zero-order valence-corrected chi connectivity index (χ0v) is 12.2. The number of ether oxygens (including phenoxy) is 1. The molecule has 1 N–H and O–H groups in total. The number of hydrogen-bond donors (Lipinski definition) is 1. The summed E-state index contributed by atoms with van der Waals surface area (Å²) in [6.07, 6.45) is 1.85. The van der Waals surface area contributed by atoms with Gasteiger partial charge in [-0.25, -0.2) is 0 Å². The molecule has 0 saturated heterocycles. The monoisotopic (exact) mass is 287 g/mol. The van der Waals surface area contributed by atoms with Crippen molar-refractivity contribution in [2.24, 2.45) is 0 Å². The van der Waals surface area contributed by atoms with Gasteiger partial charge in [0.1, 0.15) is 5.75 Å². The molecule has 3 nitrogen and oxygen atoms in total. The van der Waals surface area contributed by atoms with E-state index >= 15 is 0 Å². The Morgan fingerprint density at radius 2 is 2.05 bits per heavy atom. The van der Waals surface area contributed by atoms with Crippen molar-refractivity contribution in [3.05, 3.63) is 52.2 Å². The van der Waals surface area contributed by atoms with E-state index in [0.717, 1.165) is 24.2 Å². The summed E-state index contributed by atoms with van der Waals surface area (Å²) < 4.78 is 5.16. The van der Waals surface area contributed by atoms with Crippen molar-refractivity contribution < 1.29 is 9.53 Å². The summed E-state index contributed by atoms with van der Waals surface area (Å²) in [5, 5.41) is 5.08. The molecular weight excluding hydrogens is 270 g/mol. The summed E-state index contributed by atoms with van der Waals surface area (Å²) in [6.45, 7) is 0.619. The molecule has 0 bridgehead atoms. The van der Waals surface area contributed by atoms with Crippen LogP contribution in [0.1, 0.15) is 23.3 Å². The second-order valence-corrected chi connectivity index (χ2v) is 6.10. The van der Waals surface area contributed by atoms with Crippen molar-refractivity contribution in [1.82, 2.24) is 5.32 Å². The molecule has 1 aromatic carbocycles. The Balaban J connectivity index is 1.69. The van der Waals surface area contributed by atoms with Gasteiger partial charge in [-0.15, -0.1) is 11.3 Å². The van der Waals surface area contributed by atoms with Crippen molar-refractivity contribution >= 4 is 17.2 Å². The third-order valence-electron chi connectivity index (χ3n) is 3.83. The highest BCUT2D eigenvalue weighted by Crippen LogP contribution is 2.48. The lowest BCUT2D eigenvalue weighted by molar-refractivity contribution is -0.123. The summed E-state index contributed by atoms with van der Waals surface area (Å²) in [5.74, 6) is 0.958. The lowest BCUT2D eigenvalue weighted by Gasteiger charge is -2.15. The van der Waals surface area contributed by atoms with E-state index in [1.165, 1.54) is 4.88 Å². The first-order valence-electron chi connectivity index (χ1n) is 6.70. The Morgan fingerprint density at radius 3 is 2.60 bits per heavy atom. The average molecular weight is 287 g/mol. The number of nitrogens with one attached hydrogen (secondary N) is 1. The van der Waals surface area contributed by atoms with Gasteiger partial charge in [0, 0.05) is 4.88 Å². The van der Waals surface area contributed by atoms with Crippen molar-refractivity contribution in [3.63, 3.8) is 0 Å². The topological polar surface area (TPSA) is 38.3 Å². The molecule has 1 aliphatic rings. The van der Waals surface area contributed by atoms with Crippen LogP contribution in [0.4, 0.5) is 0 Å². The van der Waals surface area contributed by atoms with Gasteiger partial charge < -0.3 is 10.1 Å². The molecular formula is C16H17NO2S. The van der Waals surface area contributed by atoms with Gasteiger partial charge >= 0.3 is 0 Å². The lowest BCUT2D eigenvalue weighted by atomic mass is 9.95. The van der Waals surface area contributed by atoms with Crippen LogP contribution in [0, 0.1) is 0 Å². The molecule has 0 radical (unpaired) electrons. The second kappa shape index (κ2) is 5.29. The molecule has 20 heavy (non-hydrogen) atoms. The van der Waals surface area contributed by atoms with Gasteiger partial charge in [0.2, 0.25) is 5.91 Å². The van der Waals surface area contributed by atoms with Gasteiger partial charge in [-0.05, 0) is 42.0 Å². The number of amides is 1. The molecule has 104 valence electrons. The Bertz CT molecular complexity index is 585. The first-order chi connectivity index (χ1) is 9.74. The van der Waals surface area contributed by atoms with Gasteiger partial charge in [-0.1, -0.05) is 18.2 Å². The molecule has 1 fully saturated rings. The van der Waals surface area contributed by atoms with E-state index in [1.54, 1.807) is 18.4 Å². The van der Waals surface area contributed by atoms with E-state index in [2.05, 4.69) is 5.32 Å². The zero-order chi connectivity index (χ0) is 14.0. The van der Waals surface area contributed by atoms with Crippen LogP contribution in [0.15, 0.2) is 41.8 Å². The minimum absolute atomic E-state index is 0.135. The highest BCUT2D eigenvalue weighted by Gasteiger charge is 2.51. The fourth-order valence-corrected chi connectivity index (χ4v) is 3.08. The van der Waals surface area contributed by atoms with Crippen LogP contribution in [0.3, 0.4) is 0 Å². The molecule has 2 aromatic rings. The summed E-state index contributed by atoms with van der Waals surface area (Å²) in [5.41, 5.74) is 0.769. The van der Waals surface area contributed by atoms with E-state index in [9.17, 15) is 4.79 Å². The first-order valence-corrected chi connectivity index (χ1v) is 7.58. The molecule has 0 unspecified atom stereocenters. The van der Waals surface area contributed by atoms with Gasteiger partial charge in [-0.3, -0.25) is 4.79 Å². The lowest BCUT2D eigenvalue weighted by Crippen LogP contribution is -2.34. The fourth-order valence-electron chi connectivity index (χ4n) is 2.43. The van der Waals surface area contributed by atoms with Crippen LogP contribution < -0.4 is 10.1 Å². The molecule has 1 heterocycles. The number of methoxy groups -OCH3 is 1. The van der Waals surface area contributed by atoms with Gasteiger partial charge in [-0.2, -0.15) is 0 Å². The Morgan fingerprint density at radius 1 is 1.30 bits per heavy atom. The molecule has 4 heteroatoms. The summed E-state index contributed by atoms with van der Waals surface area (Å²) in [6, 6.07) is 11.9. The van der Waals surface area contributed by atoms with Crippen molar-refractivity contribution in [2.75, 3.05) is 7.11 Å². The van der Waals surface area contributed by atoms with Crippen molar-refractivity contribution in [3.8, 4) is 5.75 Å². The van der Waals surface area contributed by atoms with E-state index < -0.39 is 0 Å². The number of rotatable bonds is 5. The van der Waals surface area contributed by atoms with Crippen LogP contribution in [0.5, 0.6) is 5.75 Å². The maximum absolute atomic E-state index is 12.4. The average Bonchev–Trinajstić information content (AvgIpc) is 3.14. The maximum atomic E-state index is 12.4. The molecule has 1 aliphatic carbocycles.